The Morgan fingerprint density at radius 3 is 1.35 bits per heavy atom. The molecule has 1 aliphatic carbocycles. The first-order valence-corrected chi connectivity index (χ1v) is 24.3. The van der Waals surface area contributed by atoms with Crippen LogP contribution in [0, 0.1) is 0 Å². The first-order valence-electron chi connectivity index (χ1n) is 21.8. The molecule has 0 radical (unpaired) electrons. The fourth-order valence-corrected chi connectivity index (χ4v) is 10.0. The molecular weight excluding hydrogens is 853 g/mol. The molecular formula is C49H67BrN4O4S2. The molecule has 2 aliphatic heterocycles. The van der Waals surface area contributed by atoms with Crippen LogP contribution in [0.15, 0.2) is 51.6 Å². The summed E-state index contributed by atoms with van der Waals surface area (Å²) in [4.78, 5) is 38.3. The number of thiazole rings is 2. The lowest BCUT2D eigenvalue weighted by molar-refractivity contribution is 0.0194. The summed E-state index contributed by atoms with van der Waals surface area (Å²) in [6.07, 6.45) is 5.97. The fraction of sp³-hybridized carbons (Fsp3) is 0.592. The number of likely N-dealkylation sites (tertiary alicyclic amines) is 2. The quantitative estimate of drug-likeness (QED) is 0.198. The monoisotopic (exact) mass is 918 g/mol. The Bertz CT molecular complexity index is 2110. The third-order valence-corrected chi connectivity index (χ3v) is 13.7. The van der Waals surface area contributed by atoms with Gasteiger partial charge < -0.3 is 19.3 Å². The van der Waals surface area contributed by atoms with Crippen LogP contribution in [0.2, 0.25) is 0 Å². The molecule has 3 aliphatic rings. The average molecular weight is 920 g/mol. The highest BCUT2D eigenvalue weighted by Crippen LogP contribution is 2.44. The number of hydrogen-bond donors (Lipinski definition) is 0. The van der Waals surface area contributed by atoms with Gasteiger partial charge in [0.05, 0.1) is 21.4 Å². The number of carbonyl (C=O) groups is 2. The predicted octanol–water partition coefficient (Wildman–Crippen LogP) is 14.1. The van der Waals surface area contributed by atoms with Gasteiger partial charge in [0.1, 0.15) is 11.2 Å². The summed E-state index contributed by atoms with van der Waals surface area (Å²) in [6, 6.07) is 13.7. The van der Waals surface area contributed by atoms with Crippen LogP contribution in [0.5, 0.6) is 0 Å². The molecule has 0 spiro atoms. The van der Waals surface area contributed by atoms with E-state index in [9.17, 15) is 9.59 Å². The SMILES string of the molecule is CC(C)(C)OC(=O)N1CCC(c2nc(-c3cc(Br)cc(C(C)(C)C)c3)cs2)CC1.CC(C)(C)OC(=O)N1CCC(c2nc(-c3cc(C4CC4)cc(C(C)(C)C)c3)cs2)CC1. The van der Waals surface area contributed by atoms with E-state index >= 15 is 0 Å². The van der Waals surface area contributed by atoms with Crippen molar-refractivity contribution in [3.63, 3.8) is 0 Å². The summed E-state index contributed by atoms with van der Waals surface area (Å²) < 4.78 is 12.1. The molecule has 326 valence electrons. The minimum Gasteiger partial charge on any atom is -0.444 e. The van der Waals surface area contributed by atoms with Gasteiger partial charge in [-0.25, -0.2) is 19.6 Å². The summed E-state index contributed by atoms with van der Waals surface area (Å²) in [6.45, 7) is 27.9. The zero-order valence-electron chi connectivity index (χ0n) is 38.0. The Morgan fingerprint density at radius 1 is 0.567 bits per heavy atom. The van der Waals surface area contributed by atoms with E-state index in [0.29, 0.717) is 11.8 Å². The van der Waals surface area contributed by atoms with Crippen molar-refractivity contribution in [3.8, 4) is 22.5 Å². The molecule has 2 amide bonds. The van der Waals surface area contributed by atoms with Crippen LogP contribution in [0.25, 0.3) is 22.5 Å². The van der Waals surface area contributed by atoms with Crippen molar-refractivity contribution in [1.82, 2.24) is 19.8 Å². The number of benzene rings is 2. The zero-order valence-corrected chi connectivity index (χ0v) is 41.3. The van der Waals surface area contributed by atoms with Crippen LogP contribution in [0.1, 0.15) is 166 Å². The van der Waals surface area contributed by atoms with Gasteiger partial charge in [0.2, 0.25) is 0 Å². The van der Waals surface area contributed by atoms with E-state index in [-0.39, 0.29) is 23.0 Å². The second kappa shape index (κ2) is 18.2. The maximum absolute atomic E-state index is 12.3. The van der Waals surface area contributed by atoms with Gasteiger partial charge in [-0.05, 0) is 144 Å². The standard InChI is InChI=1S/C26H36N2O2S.C23H31BrN2O2S/c1-25(2,3)21-14-19(17-7-8-17)13-20(15-21)22-16-31-23(27-22)18-9-11-28(12-10-18)24(29)30-26(4,5)6;1-22(2,3)17-11-16(12-18(24)13-17)19-14-29-20(25-19)15-7-9-26(10-8-15)21(27)28-23(4,5)6/h13-18H,7-12H2,1-6H3;11-15H,7-10H2,1-6H3. The lowest BCUT2D eigenvalue weighted by Gasteiger charge is -2.32. The molecule has 60 heavy (non-hydrogen) atoms. The van der Waals surface area contributed by atoms with E-state index in [1.165, 1.54) is 45.1 Å². The third-order valence-electron chi connectivity index (χ3n) is 11.3. The van der Waals surface area contributed by atoms with Crippen molar-refractivity contribution in [2.75, 3.05) is 26.2 Å². The van der Waals surface area contributed by atoms with E-state index in [4.69, 9.17) is 19.4 Å². The largest absolute Gasteiger partial charge is 0.444 e. The highest BCUT2D eigenvalue weighted by Gasteiger charge is 2.31. The molecule has 8 nitrogen and oxygen atoms in total. The van der Waals surface area contributed by atoms with Crippen molar-refractivity contribution in [3.05, 3.63) is 78.3 Å². The summed E-state index contributed by atoms with van der Waals surface area (Å²) in [5.74, 6) is 1.56. The second-order valence-electron chi connectivity index (χ2n) is 21.0. The summed E-state index contributed by atoms with van der Waals surface area (Å²) in [5.41, 5.74) is 8.03. The first-order chi connectivity index (χ1) is 27.9. The molecule has 2 aromatic heterocycles. The lowest BCUT2D eigenvalue weighted by atomic mass is 9.84. The molecule has 3 fully saturated rings. The maximum Gasteiger partial charge on any atom is 0.410 e. The number of nitrogens with zero attached hydrogens (tertiary/aromatic N) is 4. The first kappa shape index (κ1) is 46.2. The van der Waals surface area contributed by atoms with Gasteiger partial charge in [0, 0.05) is 64.4 Å². The van der Waals surface area contributed by atoms with Gasteiger partial charge in [0.15, 0.2) is 0 Å². The minimum atomic E-state index is -0.450. The minimum absolute atomic E-state index is 0.0892. The van der Waals surface area contributed by atoms with Crippen LogP contribution >= 0.6 is 38.6 Å². The van der Waals surface area contributed by atoms with E-state index < -0.39 is 11.2 Å². The Balaban J connectivity index is 0.000000202. The van der Waals surface area contributed by atoms with Crippen LogP contribution < -0.4 is 0 Å². The molecule has 2 aromatic carbocycles. The van der Waals surface area contributed by atoms with Crippen molar-refractivity contribution in [1.29, 1.82) is 0 Å². The number of halogens is 1. The molecule has 1 saturated carbocycles. The highest BCUT2D eigenvalue weighted by atomic mass is 79.9. The van der Waals surface area contributed by atoms with Crippen molar-refractivity contribution >= 4 is 50.8 Å². The van der Waals surface area contributed by atoms with E-state index in [0.717, 1.165) is 79.2 Å². The topological polar surface area (TPSA) is 84.9 Å². The number of aromatic nitrogens is 2. The van der Waals surface area contributed by atoms with Gasteiger partial charge in [0.25, 0.3) is 0 Å². The summed E-state index contributed by atoms with van der Waals surface area (Å²) in [7, 11) is 0. The number of carbonyl (C=O) groups excluding carboxylic acids is 2. The van der Waals surface area contributed by atoms with Crippen LogP contribution in [-0.4, -0.2) is 69.3 Å². The van der Waals surface area contributed by atoms with E-state index in [2.05, 4.69) is 105 Å². The fourth-order valence-electron chi connectivity index (χ4n) is 7.54. The molecule has 0 bridgehead atoms. The van der Waals surface area contributed by atoms with Crippen LogP contribution in [0.3, 0.4) is 0 Å². The van der Waals surface area contributed by atoms with Gasteiger partial charge in [-0.15, -0.1) is 22.7 Å². The smallest absolute Gasteiger partial charge is 0.410 e. The molecule has 0 atom stereocenters. The highest BCUT2D eigenvalue weighted by molar-refractivity contribution is 9.10. The molecule has 4 aromatic rings. The van der Waals surface area contributed by atoms with Crippen LogP contribution in [-0.2, 0) is 20.3 Å². The second-order valence-corrected chi connectivity index (χ2v) is 23.7. The normalized spacial score (nSPS) is 17.3. The summed E-state index contributed by atoms with van der Waals surface area (Å²) >= 11 is 7.15. The van der Waals surface area contributed by atoms with Gasteiger partial charge in [-0.2, -0.15) is 0 Å². The summed E-state index contributed by atoms with van der Waals surface area (Å²) in [5, 5.41) is 6.74. The number of rotatable bonds is 5. The molecule has 0 unspecified atom stereocenters. The number of piperidine rings is 2. The average Bonchev–Trinajstić information content (AvgIpc) is 3.67. The van der Waals surface area contributed by atoms with Crippen molar-refractivity contribution < 1.29 is 19.1 Å². The van der Waals surface area contributed by atoms with Gasteiger partial charge in [-0.3, -0.25) is 0 Å². The van der Waals surface area contributed by atoms with Crippen molar-refractivity contribution in [2.45, 2.75) is 161 Å². The lowest BCUT2D eigenvalue weighted by Crippen LogP contribution is -2.41. The van der Waals surface area contributed by atoms with Crippen molar-refractivity contribution in [2.24, 2.45) is 0 Å². The number of amides is 2. The molecule has 2 saturated heterocycles. The Hall–Kier alpha value is -3.28. The number of hydrogen-bond acceptors (Lipinski definition) is 8. The van der Waals surface area contributed by atoms with E-state index in [1.54, 1.807) is 22.7 Å². The Labute approximate surface area is 376 Å². The Kier molecular flexibility index (Phi) is 14.0. The van der Waals surface area contributed by atoms with Crippen LogP contribution in [0.4, 0.5) is 9.59 Å². The molecule has 11 heteroatoms. The van der Waals surface area contributed by atoms with Gasteiger partial charge in [-0.1, -0.05) is 63.5 Å². The third kappa shape index (κ3) is 12.7. The molecule has 4 heterocycles. The maximum atomic E-state index is 12.3. The molecule has 0 N–H and O–H groups in total. The molecule has 7 rings (SSSR count). The zero-order chi connectivity index (χ0) is 43.8. The predicted molar refractivity (Wildman–Crippen MR) is 252 cm³/mol. The Morgan fingerprint density at radius 2 is 0.967 bits per heavy atom. The number of ether oxygens (including phenoxy) is 2. The van der Waals surface area contributed by atoms with Gasteiger partial charge >= 0.3 is 12.2 Å². The van der Waals surface area contributed by atoms with E-state index in [1.807, 2.05) is 51.3 Å².